The third-order valence-corrected chi connectivity index (χ3v) is 13.7. The fraction of sp³-hybridized carbons (Fsp3) is 0.615. The third kappa shape index (κ3) is 7.75. The Labute approximate surface area is 302 Å². The number of nitrogens with zero attached hydrogens (tertiary/aromatic N) is 1. The molecule has 2 aliphatic carbocycles. The summed E-state index contributed by atoms with van der Waals surface area (Å²) in [7, 11) is -3.90. The zero-order valence-corrected chi connectivity index (χ0v) is 30.7. The molecule has 272 valence electrons. The van der Waals surface area contributed by atoms with Gasteiger partial charge in [0.1, 0.15) is 5.75 Å². The highest BCUT2D eigenvalue weighted by molar-refractivity contribution is 7.90. The van der Waals surface area contributed by atoms with Gasteiger partial charge in [0.15, 0.2) is 6.29 Å². The lowest BCUT2D eigenvalue weighted by molar-refractivity contribution is -0.172. The Bertz CT molecular complexity index is 1660. The van der Waals surface area contributed by atoms with Crippen molar-refractivity contribution in [2.24, 2.45) is 11.8 Å². The van der Waals surface area contributed by atoms with E-state index in [1.807, 2.05) is 25.1 Å². The van der Waals surface area contributed by atoms with Crippen molar-refractivity contribution in [3.05, 3.63) is 70.3 Å². The highest BCUT2D eigenvalue weighted by atomic mass is 35.5. The topological polar surface area (TPSA) is 103 Å². The molecule has 2 aromatic carbocycles. The molecule has 1 spiro atoms. The van der Waals surface area contributed by atoms with E-state index in [4.69, 9.17) is 30.5 Å². The van der Waals surface area contributed by atoms with Gasteiger partial charge >= 0.3 is 0 Å². The Balaban J connectivity index is 1.20. The molecule has 11 heteroatoms. The molecule has 6 atom stereocenters. The molecule has 2 fully saturated rings. The van der Waals surface area contributed by atoms with Crippen molar-refractivity contribution in [2.45, 2.75) is 101 Å². The van der Waals surface area contributed by atoms with Crippen molar-refractivity contribution in [1.82, 2.24) is 4.72 Å². The highest BCUT2D eigenvalue weighted by Crippen LogP contribution is 2.47. The first-order valence-corrected chi connectivity index (χ1v) is 20.6. The first kappa shape index (κ1) is 35.8. The number of hydrogen-bond acceptors (Lipinski definition) is 8. The summed E-state index contributed by atoms with van der Waals surface area (Å²) in [5, 5.41) is 0.0525. The summed E-state index contributed by atoms with van der Waals surface area (Å²) in [5.41, 5.74) is 3.42. The van der Waals surface area contributed by atoms with Crippen LogP contribution < -0.4 is 14.4 Å². The molecule has 1 saturated heterocycles. The lowest BCUT2D eigenvalue weighted by Crippen LogP contribution is -2.49. The molecule has 3 aliphatic heterocycles. The van der Waals surface area contributed by atoms with Crippen LogP contribution in [0.25, 0.3) is 0 Å². The summed E-state index contributed by atoms with van der Waals surface area (Å²) in [6.07, 6.45) is 13.5. The predicted octanol–water partition coefficient (Wildman–Crippen LogP) is 6.96. The maximum atomic E-state index is 13.5. The second-order valence-electron chi connectivity index (χ2n) is 14.8. The van der Waals surface area contributed by atoms with Crippen LogP contribution in [-0.4, -0.2) is 71.5 Å². The number of ether oxygens (including phenoxy) is 4. The number of allylic oxidation sites excluding steroid dienone is 1. The molecule has 0 unspecified atom stereocenters. The zero-order valence-electron chi connectivity index (χ0n) is 29.1. The Morgan fingerprint density at radius 1 is 1.04 bits per heavy atom. The predicted molar refractivity (Wildman–Crippen MR) is 195 cm³/mol. The van der Waals surface area contributed by atoms with Gasteiger partial charge in [-0.05, 0) is 124 Å². The number of benzene rings is 2. The highest BCUT2D eigenvalue weighted by Gasteiger charge is 2.44. The van der Waals surface area contributed by atoms with Gasteiger partial charge in [0.2, 0.25) is 10.0 Å². The van der Waals surface area contributed by atoms with Gasteiger partial charge in [-0.25, -0.2) is 13.1 Å². The SMILES string of the molecule is CC[C@@H]1CC/C=C/[C@H](OCCO[C@H]2CCCCO2)[C@@H]2CC[C@H]2CN2C[C@@]3(CCCc4cc(Cl)ccc43)COc3ccc(cc32)C(=O)NS1(=O)=O. The number of halogens is 1. The largest absolute Gasteiger partial charge is 0.490 e. The Morgan fingerprint density at radius 3 is 2.72 bits per heavy atom. The number of anilines is 1. The van der Waals surface area contributed by atoms with Crippen molar-refractivity contribution in [2.75, 3.05) is 44.4 Å². The summed E-state index contributed by atoms with van der Waals surface area (Å²) in [6, 6.07) is 11.6. The molecule has 5 aliphatic rings. The van der Waals surface area contributed by atoms with Crippen molar-refractivity contribution in [3.63, 3.8) is 0 Å². The van der Waals surface area contributed by atoms with Gasteiger partial charge in [0, 0.05) is 35.7 Å². The van der Waals surface area contributed by atoms with Crippen molar-refractivity contribution in [3.8, 4) is 5.75 Å². The summed E-state index contributed by atoms with van der Waals surface area (Å²) in [5.74, 6) is 0.753. The Kier molecular flexibility index (Phi) is 11.1. The zero-order chi connectivity index (χ0) is 34.7. The van der Waals surface area contributed by atoms with Crippen LogP contribution in [0.5, 0.6) is 5.75 Å². The van der Waals surface area contributed by atoms with Gasteiger partial charge in [-0.15, -0.1) is 0 Å². The maximum Gasteiger partial charge on any atom is 0.264 e. The fourth-order valence-electron chi connectivity index (χ4n) is 8.68. The number of nitrogens with one attached hydrogen (secondary N) is 1. The summed E-state index contributed by atoms with van der Waals surface area (Å²) in [6.45, 7) is 5.52. The van der Waals surface area contributed by atoms with Crippen molar-refractivity contribution < 1.29 is 32.2 Å². The molecule has 3 heterocycles. The van der Waals surface area contributed by atoms with Gasteiger partial charge in [0.05, 0.1) is 36.9 Å². The van der Waals surface area contributed by atoms with Crippen LogP contribution in [0.15, 0.2) is 48.6 Å². The van der Waals surface area contributed by atoms with E-state index >= 15 is 0 Å². The minimum absolute atomic E-state index is 0.116. The van der Waals surface area contributed by atoms with Gasteiger partial charge in [-0.3, -0.25) is 4.79 Å². The Hall–Kier alpha value is -2.63. The minimum Gasteiger partial charge on any atom is -0.490 e. The standard InChI is InChI=1S/C39H51ClN2O7S/c1-2-31-9-3-4-10-35(46-20-21-48-37-11-5-6-19-47-37)32-15-12-29(32)24-42-25-39(18-7-8-27-22-30(40)14-16-33(27)39)26-49-36-17-13-28(23-34(36)42)38(43)41-50(31,44)45/h4,10,13-14,16-17,22-23,29,31-32,35,37H,2-3,5-9,11-12,15,18-21,24-26H2,1H3,(H,41,43)/b10-4+/t29-,31+,32+,35-,37-,39-/m0/s1. The lowest BCUT2D eigenvalue weighted by atomic mass is 9.68. The van der Waals surface area contributed by atoms with Crippen LogP contribution in [0.1, 0.15) is 92.6 Å². The number of amides is 1. The quantitative estimate of drug-likeness (QED) is 0.252. The number of sulfonamides is 1. The number of carbonyl (C=O) groups excluding carboxylic acids is 1. The molecule has 9 nitrogen and oxygen atoms in total. The van der Waals surface area contributed by atoms with Gasteiger partial charge in [-0.1, -0.05) is 36.7 Å². The van der Waals surface area contributed by atoms with E-state index in [9.17, 15) is 13.2 Å². The molecule has 50 heavy (non-hydrogen) atoms. The smallest absolute Gasteiger partial charge is 0.264 e. The molecule has 7 rings (SSSR count). The first-order valence-electron chi connectivity index (χ1n) is 18.6. The van der Waals surface area contributed by atoms with E-state index in [2.05, 4.69) is 33.9 Å². The second kappa shape index (κ2) is 15.5. The van der Waals surface area contributed by atoms with Crippen molar-refractivity contribution in [1.29, 1.82) is 0 Å². The van der Waals surface area contributed by atoms with E-state index < -0.39 is 21.2 Å². The second-order valence-corrected chi connectivity index (χ2v) is 17.2. The number of hydrogen-bond donors (Lipinski definition) is 1. The van der Waals surface area contributed by atoms with Gasteiger partial charge < -0.3 is 23.8 Å². The van der Waals surface area contributed by atoms with Crippen LogP contribution in [-0.2, 0) is 36.1 Å². The fourth-order valence-corrected chi connectivity index (χ4v) is 10.3. The molecule has 1 saturated carbocycles. The van der Waals surface area contributed by atoms with Crippen LogP contribution >= 0.6 is 11.6 Å². The molecule has 2 bridgehead atoms. The summed E-state index contributed by atoms with van der Waals surface area (Å²) < 4.78 is 54.2. The van der Waals surface area contributed by atoms with E-state index in [0.29, 0.717) is 62.2 Å². The van der Waals surface area contributed by atoms with Gasteiger partial charge in [0.25, 0.3) is 5.91 Å². The molecular formula is C39H51ClN2O7S. The van der Waals surface area contributed by atoms with Crippen molar-refractivity contribution >= 4 is 33.2 Å². The average Bonchev–Trinajstić information content (AvgIpc) is 3.24. The molecule has 1 N–H and O–H groups in total. The number of carbonyl (C=O) groups is 1. The molecule has 0 radical (unpaired) electrons. The normalized spacial score (nSPS) is 31.7. The minimum atomic E-state index is -3.90. The molecule has 2 aromatic rings. The molecule has 1 amide bonds. The number of rotatable bonds is 6. The van der Waals surface area contributed by atoms with E-state index in [-0.39, 0.29) is 17.8 Å². The van der Waals surface area contributed by atoms with Crippen LogP contribution in [0.3, 0.4) is 0 Å². The lowest BCUT2D eigenvalue weighted by Gasteiger charge is -2.46. The number of aryl methyl sites for hydroxylation is 1. The summed E-state index contributed by atoms with van der Waals surface area (Å²) in [4.78, 5) is 15.9. The third-order valence-electron chi connectivity index (χ3n) is 11.6. The number of fused-ring (bicyclic) bond motifs is 4. The van der Waals surface area contributed by atoms with Gasteiger partial charge in [-0.2, -0.15) is 0 Å². The van der Waals surface area contributed by atoms with E-state index in [1.165, 1.54) is 11.1 Å². The first-order chi connectivity index (χ1) is 24.2. The van der Waals surface area contributed by atoms with Crippen LogP contribution in [0, 0.1) is 11.8 Å². The monoisotopic (exact) mass is 726 g/mol. The van der Waals surface area contributed by atoms with E-state index in [1.54, 1.807) is 6.07 Å². The average molecular weight is 727 g/mol. The molecular weight excluding hydrogens is 676 g/mol. The van der Waals surface area contributed by atoms with Crippen LogP contribution in [0.4, 0.5) is 5.69 Å². The summed E-state index contributed by atoms with van der Waals surface area (Å²) >= 11 is 6.46. The maximum absolute atomic E-state index is 13.5. The Morgan fingerprint density at radius 2 is 1.92 bits per heavy atom. The van der Waals surface area contributed by atoms with Crippen LogP contribution in [0.2, 0.25) is 5.02 Å². The van der Waals surface area contributed by atoms with E-state index in [0.717, 1.165) is 81.8 Å². The molecule has 0 aromatic heterocycles.